The number of H-pyrrole nitrogens is 1. The number of hydrogen-bond acceptors (Lipinski definition) is 6. The molecule has 3 rings (SSSR count). The van der Waals surface area contributed by atoms with Gasteiger partial charge in [0, 0.05) is 56.5 Å². The molecule has 0 saturated heterocycles. The van der Waals surface area contributed by atoms with Crippen LogP contribution < -0.4 is 10.3 Å². The van der Waals surface area contributed by atoms with Crippen LogP contribution in [0.3, 0.4) is 0 Å². The largest absolute Gasteiger partial charge is 0.490 e. The Morgan fingerprint density at radius 3 is 2.69 bits per heavy atom. The summed E-state index contributed by atoms with van der Waals surface area (Å²) < 4.78 is 12.4. The minimum Gasteiger partial charge on any atom is -0.490 e. The molecule has 0 unspecified atom stereocenters. The van der Waals surface area contributed by atoms with Gasteiger partial charge in [0.25, 0.3) is 5.56 Å². The van der Waals surface area contributed by atoms with Gasteiger partial charge in [0.2, 0.25) is 0 Å². The molecule has 2 aromatic heterocycles. The maximum absolute atomic E-state index is 12.7. The van der Waals surface area contributed by atoms with Crippen LogP contribution in [0.2, 0.25) is 0 Å². The maximum Gasteiger partial charge on any atom is 0.343 e. The maximum atomic E-state index is 12.7. The second-order valence-corrected chi connectivity index (χ2v) is 7.61. The summed E-state index contributed by atoms with van der Waals surface area (Å²) in [6, 6.07) is 1.40. The van der Waals surface area contributed by atoms with Crippen LogP contribution in [-0.4, -0.2) is 51.7 Å². The topological polar surface area (TPSA) is 89.5 Å². The molecule has 0 amide bonds. The van der Waals surface area contributed by atoms with Crippen LogP contribution in [0.25, 0.3) is 0 Å². The summed E-state index contributed by atoms with van der Waals surface area (Å²) in [5, 5.41) is 0. The summed E-state index contributed by atoms with van der Waals surface area (Å²) >= 11 is 0. The molecule has 8 nitrogen and oxygen atoms in total. The standard InChI is InChI=1S/C21H30N4O4/c1-6-18-22-14(4)15(23-18)12-24-8-7-16-20(21(27)28-5)17(29-13(2)3)11-19(26)25(16)10-9-24/h11,13H,6-10,12H2,1-5H3,(H,22,23). The number of rotatable bonds is 6. The summed E-state index contributed by atoms with van der Waals surface area (Å²) in [6.45, 7) is 10.4. The van der Waals surface area contributed by atoms with Crippen molar-refractivity contribution < 1.29 is 14.3 Å². The van der Waals surface area contributed by atoms with Crippen molar-refractivity contribution in [3.05, 3.63) is 44.9 Å². The number of nitrogens with zero attached hydrogens (tertiary/aromatic N) is 3. The van der Waals surface area contributed by atoms with E-state index in [2.05, 4.69) is 21.8 Å². The number of aromatic nitrogens is 3. The Kier molecular flexibility index (Phi) is 6.42. The molecule has 0 fully saturated rings. The highest BCUT2D eigenvalue weighted by molar-refractivity contribution is 5.93. The first-order valence-corrected chi connectivity index (χ1v) is 10.1. The molecule has 29 heavy (non-hydrogen) atoms. The molecule has 0 bridgehead atoms. The second-order valence-electron chi connectivity index (χ2n) is 7.61. The van der Waals surface area contributed by atoms with Gasteiger partial charge in [-0.3, -0.25) is 9.69 Å². The number of hydrogen-bond donors (Lipinski definition) is 1. The fourth-order valence-electron chi connectivity index (χ4n) is 3.72. The number of imidazole rings is 1. The fraction of sp³-hybridized carbons (Fsp3) is 0.571. The minimum absolute atomic E-state index is 0.154. The third-order valence-electron chi connectivity index (χ3n) is 5.18. The monoisotopic (exact) mass is 402 g/mol. The molecule has 0 atom stereocenters. The lowest BCUT2D eigenvalue weighted by molar-refractivity contribution is 0.0591. The smallest absolute Gasteiger partial charge is 0.343 e. The van der Waals surface area contributed by atoms with Gasteiger partial charge in [0.1, 0.15) is 17.1 Å². The van der Waals surface area contributed by atoms with Gasteiger partial charge < -0.3 is 19.0 Å². The number of ether oxygens (including phenoxy) is 2. The number of aromatic amines is 1. The number of pyridine rings is 1. The normalized spacial score (nSPS) is 14.6. The van der Waals surface area contributed by atoms with Crippen LogP contribution in [0.1, 0.15) is 54.0 Å². The van der Waals surface area contributed by atoms with E-state index in [1.165, 1.54) is 13.2 Å². The van der Waals surface area contributed by atoms with Crippen molar-refractivity contribution in [3.63, 3.8) is 0 Å². The lowest BCUT2D eigenvalue weighted by Crippen LogP contribution is -2.29. The number of fused-ring (bicyclic) bond motifs is 1. The predicted molar refractivity (Wildman–Crippen MR) is 109 cm³/mol. The molecule has 8 heteroatoms. The lowest BCUT2D eigenvalue weighted by atomic mass is 10.1. The Morgan fingerprint density at radius 2 is 2.07 bits per heavy atom. The van der Waals surface area contributed by atoms with Crippen molar-refractivity contribution in [2.24, 2.45) is 0 Å². The first kappa shape index (κ1) is 21.1. The fourth-order valence-corrected chi connectivity index (χ4v) is 3.72. The number of aryl methyl sites for hydroxylation is 2. The minimum atomic E-state index is -0.478. The van der Waals surface area contributed by atoms with Crippen LogP contribution in [0.15, 0.2) is 10.9 Å². The SMILES string of the molecule is CCc1nc(CN2CCc3c(C(=O)OC)c(OC(C)C)cc(=O)n3CC2)c(C)[nH]1. The molecule has 0 saturated carbocycles. The molecule has 0 spiro atoms. The third kappa shape index (κ3) is 4.53. The second kappa shape index (κ2) is 8.82. The zero-order valence-corrected chi connectivity index (χ0v) is 17.9. The zero-order chi connectivity index (χ0) is 21.1. The summed E-state index contributed by atoms with van der Waals surface area (Å²) in [4.78, 5) is 35.5. The summed E-state index contributed by atoms with van der Waals surface area (Å²) in [7, 11) is 1.35. The van der Waals surface area contributed by atoms with Crippen LogP contribution in [0.4, 0.5) is 0 Å². The number of nitrogens with one attached hydrogen (secondary N) is 1. The van der Waals surface area contributed by atoms with Crippen molar-refractivity contribution >= 4 is 5.97 Å². The Morgan fingerprint density at radius 1 is 1.31 bits per heavy atom. The van der Waals surface area contributed by atoms with E-state index in [0.29, 0.717) is 49.6 Å². The highest BCUT2D eigenvalue weighted by Crippen LogP contribution is 2.25. The average Bonchev–Trinajstić information content (AvgIpc) is 2.89. The van der Waals surface area contributed by atoms with Gasteiger partial charge in [-0.05, 0) is 20.8 Å². The van der Waals surface area contributed by atoms with Crippen LogP contribution in [0.5, 0.6) is 5.75 Å². The van der Waals surface area contributed by atoms with E-state index in [0.717, 1.165) is 23.6 Å². The molecule has 158 valence electrons. The first-order chi connectivity index (χ1) is 13.8. The van der Waals surface area contributed by atoms with E-state index in [1.54, 1.807) is 4.57 Å². The van der Waals surface area contributed by atoms with Gasteiger partial charge in [-0.15, -0.1) is 0 Å². The summed E-state index contributed by atoms with van der Waals surface area (Å²) in [6.07, 6.45) is 1.26. The molecule has 1 N–H and O–H groups in total. The van der Waals surface area contributed by atoms with Crippen molar-refractivity contribution in [1.29, 1.82) is 0 Å². The summed E-state index contributed by atoms with van der Waals surface area (Å²) in [5.74, 6) is 0.802. The Bertz CT molecular complexity index is 945. The van der Waals surface area contributed by atoms with E-state index in [4.69, 9.17) is 9.47 Å². The Labute approximate surface area is 170 Å². The van der Waals surface area contributed by atoms with Crippen molar-refractivity contribution in [2.75, 3.05) is 20.2 Å². The van der Waals surface area contributed by atoms with Crippen LogP contribution in [0, 0.1) is 6.92 Å². The highest BCUT2D eigenvalue weighted by atomic mass is 16.5. The van der Waals surface area contributed by atoms with E-state index in [-0.39, 0.29) is 11.7 Å². The number of carbonyl (C=O) groups excluding carboxylic acids is 1. The average molecular weight is 402 g/mol. The Balaban J connectivity index is 1.91. The molecule has 2 aromatic rings. The van der Waals surface area contributed by atoms with E-state index in [9.17, 15) is 9.59 Å². The molecule has 0 aliphatic carbocycles. The number of carbonyl (C=O) groups is 1. The van der Waals surface area contributed by atoms with Crippen molar-refractivity contribution in [2.45, 2.75) is 59.7 Å². The van der Waals surface area contributed by atoms with E-state index >= 15 is 0 Å². The van der Waals surface area contributed by atoms with Gasteiger partial charge in [-0.1, -0.05) is 6.92 Å². The molecular weight excluding hydrogens is 372 g/mol. The first-order valence-electron chi connectivity index (χ1n) is 10.1. The molecule has 0 aromatic carbocycles. The summed E-state index contributed by atoms with van der Waals surface area (Å²) in [5.41, 5.74) is 2.97. The van der Waals surface area contributed by atoms with Gasteiger partial charge in [-0.25, -0.2) is 9.78 Å². The van der Waals surface area contributed by atoms with Crippen molar-refractivity contribution in [3.8, 4) is 5.75 Å². The van der Waals surface area contributed by atoms with Crippen LogP contribution >= 0.6 is 0 Å². The van der Waals surface area contributed by atoms with E-state index < -0.39 is 5.97 Å². The zero-order valence-electron chi connectivity index (χ0n) is 17.9. The predicted octanol–water partition coefficient (Wildman–Crippen LogP) is 2.07. The van der Waals surface area contributed by atoms with Crippen LogP contribution in [-0.2, 0) is 30.7 Å². The number of esters is 1. The molecule has 1 aliphatic rings. The molecular formula is C21H30N4O4. The molecule has 3 heterocycles. The molecule has 0 radical (unpaired) electrons. The van der Waals surface area contributed by atoms with Gasteiger partial charge in [0.15, 0.2) is 0 Å². The van der Waals surface area contributed by atoms with E-state index in [1.807, 2.05) is 20.8 Å². The number of methoxy groups -OCH3 is 1. The third-order valence-corrected chi connectivity index (χ3v) is 5.18. The Hall–Kier alpha value is -2.61. The van der Waals surface area contributed by atoms with Gasteiger partial charge in [-0.2, -0.15) is 0 Å². The quantitative estimate of drug-likeness (QED) is 0.744. The van der Waals surface area contributed by atoms with Gasteiger partial charge in [0.05, 0.1) is 18.9 Å². The molecule has 1 aliphatic heterocycles. The van der Waals surface area contributed by atoms with Crippen molar-refractivity contribution in [1.82, 2.24) is 19.4 Å². The highest BCUT2D eigenvalue weighted by Gasteiger charge is 2.26. The lowest BCUT2D eigenvalue weighted by Gasteiger charge is -2.18. The van der Waals surface area contributed by atoms with Gasteiger partial charge >= 0.3 is 5.97 Å².